The van der Waals surface area contributed by atoms with Crippen molar-refractivity contribution in [3.05, 3.63) is 114 Å². The maximum absolute atomic E-state index is 11.9. The zero-order valence-corrected chi connectivity index (χ0v) is 21.1. The molecule has 0 bridgehead atoms. The van der Waals surface area contributed by atoms with E-state index >= 15 is 0 Å². The molecule has 0 saturated heterocycles. The number of hydrogen-bond acceptors (Lipinski definition) is 5. The van der Waals surface area contributed by atoms with Gasteiger partial charge < -0.3 is 14.7 Å². The molecule has 0 saturated carbocycles. The molecular weight excluding hydrogens is 466 g/mol. The van der Waals surface area contributed by atoms with Gasteiger partial charge in [0.15, 0.2) is 0 Å². The van der Waals surface area contributed by atoms with Gasteiger partial charge in [0.05, 0.1) is 24.2 Å². The van der Waals surface area contributed by atoms with E-state index in [-0.39, 0.29) is 0 Å². The van der Waals surface area contributed by atoms with Crippen LogP contribution in [0.15, 0.2) is 96.3 Å². The van der Waals surface area contributed by atoms with Gasteiger partial charge in [-0.1, -0.05) is 65.8 Å². The summed E-state index contributed by atoms with van der Waals surface area (Å²) >= 11 is 0. The van der Waals surface area contributed by atoms with E-state index < -0.39 is 11.9 Å². The lowest BCUT2D eigenvalue weighted by Gasteiger charge is -2.13. The maximum Gasteiger partial charge on any atom is 0.312 e. The lowest BCUT2D eigenvalue weighted by molar-refractivity contribution is -0.139. The van der Waals surface area contributed by atoms with Crippen LogP contribution in [0.5, 0.6) is 5.75 Å². The third-order valence-electron chi connectivity index (χ3n) is 6.20. The highest BCUT2D eigenvalue weighted by atomic mass is 16.6. The molecule has 190 valence electrons. The molecule has 1 aromatic heterocycles. The average molecular weight is 498 g/mol. The van der Waals surface area contributed by atoms with E-state index in [1.54, 1.807) is 6.92 Å². The van der Waals surface area contributed by atoms with Crippen molar-refractivity contribution in [2.45, 2.75) is 33.3 Å². The Balaban J connectivity index is 1.29. The number of benzene rings is 3. The fourth-order valence-corrected chi connectivity index (χ4v) is 4.01. The molecule has 0 spiro atoms. The van der Waals surface area contributed by atoms with Crippen LogP contribution in [-0.4, -0.2) is 33.2 Å². The number of aromatic nitrogens is 2. The molecule has 1 heterocycles. The van der Waals surface area contributed by atoms with E-state index in [0.717, 1.165) is 40.2 Å². The largest absolute Gasteiger partial charge is 0.493 e. The van der Waals surface area contributed by atoms with Gasteiger partial charge >= 0.3 is 5.97 Å². The summed E-state index contributed by atoms with van der Waals surface area (Å²) in [6.45, 7) is 4.55. The van der Waals surface area contributed by atoms with Crippen LogP contribution in [0.25, 0.3) is 5.69 Å². The smallest absolute Gasteiger partial charge is 0.312 e. The first kappa shape index (κ1) is 25.7. The van der Waals surface area contributed by atoms with Crippen LogP contribution in [0.3, 0.4) is 0 Å². The van der Waals surface area contributed by atoms with Crippen molar-refractivity contribution in [1.82, 2.24) is 9.78 Å². The number of rotatable bonds is 12. The summed E-state index contributed by atoms with van der Waals surface area (Å²) in [6, 6.07) is 27.2. The molecule has 7 heteroatoms. The summed E-state index contributed by atoms with van der Waals surface area (Å²) in [4.78, 5) is 17.3. The molecule has 0 aliphatic heterocycles. The molecule has 4 rings (SSSR count). The molecule has 0 aliphatic carbocycles. The van der Waals surface area contributed by atoms with Crippen LogP contribution in [0.2, 0.25) is 0 Å². The van der Waals surface area contributed by atoms with Crippen LogP contribution < -0.4 is 4.74 Å². The summed E-state index contributed by atoms with van der Waals surface area (Å²) < 4.78 is 7.86. The number of para-hydroxylation sites is 1. The minimum Gasteiger partial charge on any atom is -0.493 e. The fraction of sp³-hybridized carbons (Fsp3) is 0.233. The van der Waals surface area contributed by atoms with Crippen LogP contribution in [0, 0.1) is 12.8 Å². The van der Waals surface area contributed by atoms with Crippen molar-refractivity contribution in [3.8, 4) is 11.4 Å². The highest BCUT2D eigenvalue weighted by Crippen LogP contribution is 2.19. The quantitative estimate of drug-likeness (QED) is 0.202. The molecule has 1 atom stereocenters. The van der Waals surface area contributed by atoms with Gasteiger partial charge in [-0.15, -0.1) is 0 Å². The van der Waals surface area contributed by atoms with E-state index in [1.165, 1.54) is 0 Å². The molecular formula is C30H31N3O4. The number of carboxylic acids is 1. The molecule has 37 heavy (non-hydrogen) atoms. The molecule has 0 amide bonds. The first-order valence-electron chi connectivity index (χ1n) is 12.2. The van der Waals surface area contributed by atoms with E-state index in [0.29, 0.717) is 25.3 Å². The third kappa shape index (κ3) is 7.07. The van der Waals surface area contributed by atoms with Crippen molar-refractivity contribution in [3.63, 3.8) is 0 Å². The molecule has 7 nitrogen and oxygen atoms in total. The highest BCUT2D eigenvalue weighted by Gasteiger charge is 2.22. The number of oxime groups is 1. The Hall–Kier alpha value is -4.39. The molecule has 0 radical (unpaired) electrons. The number of nitrogens with zero attached hydrogens (tertiary/aromatic N) is 3. The lowest BCUT2D eigenvalue weighted by atomic mass is 9.95. The normalized spacial score (nSPS) is 12.2. The van der Waals surface area contributed by atoms with Crippen LogP contribution in [0.1, 0.15) is 29.3 Å². The van der Waals surface area contributed by atoms with E-state index in [4.69, 9.17) is 9.57 Å². The Morgan fingerprint density at radius 3 is 2.32 bits per heavy atom. The minimum absolute atomic E-state index is 0.295. The summed E-state index contributed by atoms with van der Waals surface area (Å²) in [7, 11) is 0. The van der Waals surface area contributed by atoms with E-state index in [9.17, 15) is 9.90 Å². The molecule has 3 aromatic carbocycles. The van der Waals surface area contributed by atoms with Crippen LogP contribution >= 0.6 is 0 Å². The van der Waals surface area contributed by atoms with Gasteiger partial charge in [-0.05, 0) is 61.2 Å². The van der Waals surface area contributed by atoms with Gasteiger partial charge in [0.2, 0.25) is 0 Å². The Kier molecular flexibility index (Phi) is 8.70. The second-order valence-corrected chi connectivity index (χ2v) is 8.83. The number of carboxylic acid groups (broad SMARTS) is 1. The Bertz CT molecular complexity index is 1320. The number of aliphatic carboxylic acids is 1. The average Bonchev–Trinajstić information content (AvgIpc) is 3.29. The fourth-order valence-electron chi connectivity index (χ4n) is 4.01. The number of ether oxygens (including phenoxy) is 1. The predicted octanol–water partition coefficient (Wildman–Crippen LogP) is 5.64. The molecule has 0 aliphatic rings. The summed E-state index contributed by atoms with van der Waals surface area (Å²) in [6.07, 6.45) is 2.94. The lowest BCUT2D eigenvalue weighted by Crippen LogP contribution is -2.24. The van der Waals surface area contributed by atoms with Gasteiger partial charge in [0.25, 0.3) is 0 Å². The predicted molar refractivity (Wildman–Crippen MR) is 143 cm³/mol. The molecule has 4 aromatic rings. The first-order valence-corrected chi connectivity index (χ1v) is 12.2. The Morgan fingerprint density at radius 1 is 0.973 bits per heavy atom. The standard InChI is InChI=1S/C30H31N3O4/c1-22(32-37-21-25-9-5-3-6-10-25)29(30(34)35)19-24-13-15-28(16-14-24)36-18-17-26-20-31-33(23(26)2)27-11-7-4-8-12-27/h3-16,20,29H,17-19,21H2,1-2H3,(H,34,35). The molecule has 0 fully saturated rings. The second kappa shape index (κ2) is 12.5. The van der Waals surface area contributed by atoms with Crippen LogP contribution in [-0.2, 0) is 29.1 Å². The van der Waals surface area contributed by atoms with Crippen molar-refractivity contribution in [1.29, 1.82) is 0 Å². The molecule has 1 N–H and O–H groups in total. The maximum atomic E-state index is 11.9. The summed E-state index contributed by atoms with van der Waals surface area (Å²) in [5, 5.41) is 18.3. The minimum atomic E-state index is -0.934. The van der Waals surface area contributed by atoms with Crippen molar-refractivity contribution in [2.75, 3.05) is 6.61 Å². The Morgan fingerprint density at radius 2 is 1.65 bits per heavy atom. The third-order valence-corrected chi connectivity index (χ3v) is 6.20. The van der Waals surface area contributed by atoms with E-state index in [1.807, 2.05) is 95.8 Å². The van der Waals surface area contributed by atoms with Crippen molar-refractivity contribution >= 4 is 11.7 Å². The molecule has 1 unspecified atom stereocenters. The number of carbonyl (C=O) groups is 1. The monoisotopic (exact) mass is 497 g/mol. The van der Waals surface area contributed by atoms with E-state index in [2.05, 4.69) is 17.2 Å². The zero-order valence-electron chi connectivity index (χ0n) is 21.1. The highest BCUT2D eigenvalue weighted by molar-refractivity contribution is 6.00. The summed E-state index contributed by atoms with van der Waals surface area (Å²) in [5.41, 5.74) is 5.54. The van der Waals surface area contributed by atoms with Crippen LogP contribution in [0.4, 0.5) is 0 Å². The Labute approximate surface area is 217 Å². The van der Waals surface area contributed by atoms with Gasteiger partial charge in [-0.25, -0.2) is 4.68 Å². The topological polar surface area (TPSA) is 85.9 Å². The summed E-state index contributed by atoms with van der Waals surface area (Å²) in [5.74, 6) is -0.969. The zero-order chi connectivity index (χ0) is 26.0. The van der Waals surface area contributed by atoms with Crippen molar-refractivity contribution in [2.24, 2.45) is 11.1 Å². The number of hydrogen-bond donors (Lipinski definition) is 1. The van der Waals surface area contributed by atoms with Gasteiger partial charge in [0, 0.05) is 12.1 Å². The van der Waals surface area contributed by atoms with Gasteiger partial charge in [-0.3, -0.25) is 4.79 Å². The first-order chi connectivity index (χ1) is 18.0. The van der Waals surface area contributed by atoms with Crippen molar-refractivity contribution < 1.29 is 19.5 Å². The SMILES string of the molecule is CC(=NOCc1ccccc1)C(Cc1ccc(OCCc2cnn(-c3ccccc3)c2C)cc1)C(=O)O. The second-order valence-electron chi connectivity index (χ2n) is 8.83. The van der Waals surface area contributed by atoms with Gasteiger partial charge in [-0.2, -0.15) is 5.10 Å². The van der Waals surface area contributed by atoms with Gasteiger partial charge in [0.1, 0.15) is 18.3 Å².